The van der Waals surface area contributed by atoms with Gasteiger partial charge in [0, 0.05) is 5.41 Å². The molecule has 0 saturated heterocycles. The van der Waals surface area contributed by atoms with Crippen molar-refractivity contribution in [3.05, 3.63) is 119 Å². The van der Waals surface area contributed by atoms with E-state index in [9.17, 15) is 9.59 Å². The van der Waals surface area contributed by atoms with E-state index in [1.807, 2.05) is 112 Å². The Morgan fingerprint density at radius 2 is 1.26 bits per heavy atom. The van der Waals surface area contributed by atoms with E-state index in [0.717, 1.165) is 16.7 Å². The highest BCUT2D eigenvalue weighted by Crippen LogP contribution is 2.19. The molecule has 5 rings (SSSR count). The molecule has 0 aliphatic carbocycles. The summed E-state index contributed by atoms with van der Waals surface area (Å²) in [5, 5.41) is 31.5. The maximum Gasteiger partial charge on any atom is 0.408 e. The molecular weight excluding hydrogens is 700 g/mol. The van der Waals surface area contributed by atoms with Gasteiger partial charge < -0.3 is 24.8 Å². The van der Waals surface area contributed by atoms with Crippen molar-refractivity contribution < 1.29 is 23.8 Å². The first-order chi connectivity index (χ1) is 24.9. The van der Waals surface area contributed by atoms with Gasteiger partial charge in [-0.3, -0.25) is 4.79 Å². The van der Waals surface area contributed by atoms with Crippen molar-refractivity contribution >= 4 is 24.4 Å². The zero-order valence-electron chi connectivity index (χ0n) is 30.9. The van der Waals surface area contributed by atoms with Crippen molar-refractivity contribution in [2.24, 2.45) is 5.41 Å². The lowest BCUT2D eigenvalue weighted by Gasteiger charge is -2.24. The number of carbonyl (C=O) groups excluding carboxylic acids is 2. The second-order valence-corrected chi connectivity index (χ2v) is 13.9. The first-order valence-corrected chi connectivity index (χ1v) is 16.9. The van der Waals surface area contributed by atoms with E-state index in [1.165, 1.54) is 0 Å². The Hall–Kier alpha value is -5.25. The molecule has 5 aromatic rings. The Balaban J connectivity index is 0.000000288. The van der Waals surface area contributed by atoms with Crippen molar-refractivity contribution in [1.82, 2.24) is 51.5 Å². The summed E-state index contributed by atoms with van der Waals surface area (Å²) in [6.07, 6.45) is -0.560. The van der Waals surface area contributed by atoms with Crippen LogP contribution in [0.4, 0.5) is 4.79 Å². The number of hydrogen-bond donors (Lipinski definition) is 3. The van der Waals surface area contributed by atoms with Crippen LogP contribution in [0.2, 0.25) is 0 Å². The molecule has 16 heteroatoms. The molecule has 0 spiro atoms. The van der Waals surface area contributed by atoms with E-state index in [0.29, 0.717) is 31.4 Å². The molecule has 2 heterocycles. The molecule has 15 nitrogen and oxygen atoms in total. The molecule has 2 aromatic heterocycles. The third-order valence-electron chi connectivity index (χ3n) is 7.19. The lowest BCUT2D eigenvalue weighted by Crippen LogP contribution is -2.40. The molecule has 2 atom stereocenters. The van der Waals surface area contributed by atoms with Crippen LogP contribution in [0.5, 0.6) is 0 Å². The van der Waals surface area contributed by atoms with Crippen molar-refractivity contribution in [3.8, 4) is 0 Å². The summed E-state index contributed by atoms with van der Waals surface area (Å²) in [4.78, 5) is 24.6. The third-order valence-corrected chi connectivity index (χ3v) is 7.19. The predicted octanol–water partition coefficient (Wildman–Crippen LogP) is 5.55. The van der Waals surface area contributed by atoms with E-state index in [2.05, 4.69) is 46.8 Å². The molecule has 0 bridgehead atoms. The number of nitrogens with one attached hydrogen (secondary N) is 3. The lowest BCUT2D eigenvalue weighted by atomic mass is 9.95. The second kappa shape index (κ2) is 20.7. The van der Waals surface area contributed by atoms with Crippen LogP contribution in [0.25, 0.3) is 0 Å². The Morgan fingerprint density at radius 3 is 1.75 bits per heavy atom. The van der Waals surface area contributed by atoms with Crippen LogP contribution in [-0.4, -0.2) is 71.6 Å². The Labute approximate surface area is 316 Å². The van der Waals surface area contributed by atoms with E-state index in [-0.39, 0.29) is 31.5 Å². The molecule has 3 N–H and O–H groups in total. The minimum atomic E-state index is -0.587. The van der Waals surface area contributed by atoms with Crippen LogP contribution in [-0.2, 0) is 38.8 Å². The summed E-state index contributed by atoms with van der Waals surface area (Å²) in [6, 6.07) is 28.6. The predicted molar refractivity (Wildman–Crippen MR) is 199 cm³/mol. The molecule has 2 amide bonds. The molecule has 0 fully saturated rings. The zero-order chi connectivity index (χ0) is 37.4. The number of carbonyl (C=O) groups is 2. The number of tetrazole rings is 2. The van der Waals surface area contributed by atoms with E-state index >= 15 is 0 Å². The molecule has 0 aliphatic heterocycles. The first-order valence-electron chi connectivity index (χ1n) is 16.9. The number of nitrogens with zero attached hydrogens (tertiary/aromatic N) is 7. The number of H-pyrrole nitrogens is 1. The minimum absolute atomic E-state index is 0. The fourth-order valence-electron chi connectivity index (χ4n) is 4.57. The summed E-state index contributed by atoms with van der Waals surface area (Å²) in [6.45, 7) is 12.9. The topological polar surface area (TPSA) is 184 Å². The number of benzene rings is 3. The summed E-state index contributed by atoms with van der Waals surface area (Å²) >= 11 is 0. The number of alkyl carbamates (subject to hydrolysis) is 1. The normalized spacial score (nSPS) is 12.3. The van der Waals surface area contributed by atoms with Gasteiger partial charge >= 0.3 is 6.09 Å². The van der Waals surface area contributed by atoms with Crippen molar-refractivity contribution in [2.45, 2.75) is 79.0 Å². The zero-order valence-corrected chi connectivity index (χ0v) is 31.7. The van der Waals surface area contributed by atoms with Gasteiger partial charge in [-0.15, -0.1) is 27.7 Å². The van der Waals surface area contributed by atoms with Gasteiger partial charge in [-0.1, -0.05) is 117 Å². The number of aromatic nitrogens is 8. The highest BCUT2D eigenvalue weighted by atomic mass is 35.5. The van der Waals surface area contributed by atoms with Crippen molar-refractivity contribution in [1.29, 1.82) is 0 Å². The maximum atomic E-state index is 12.6. The number of halogens is 1. The Kier molecular flexibility index (Phi) is 16.5. The van der Waals surface area contributed by atoms with E-state index in [4.69, 9.17) is 14.2 Å². The standard InChI is InChI=1S/C22H27N5O2.C15H21N5O3.ClH/c1-22(2,3)21(28)23-19(16-29-15-18-12-8-5-9-13-18)20-24-25-26-27(20)14-17-10-6-4-7-11-17;1-15(2,3)23-14(21)16-12(13-17-19-20-18-13)10-22-9-11-7-5-4-6-8-11;/h4-13,19H,14-16H2,1-3H3,(H,23,28);4-8,12H,9-10H2,1-3H3,(H,16,21)(H,17,18,19,20);1H/t19-;12-;/m11./s1. The van der Waals surface area contributed by atoms with Crippen LogP contribution in [0, 0.1) is 5.41 Å². The SMILES string of the molecule is CC(C)(C)C(=O)N[C@H](COCc1ccccc1)c1nnnn1Cc1ccccc1.CC(C)(C)OC(=O)N[C@H](COCc1ccccc1)c1nn[nH]n1.Cl. The molecule has 0 saturated carbocycles. The summed E-state index contributed by atoms with van der Waals surface area (Å²) < 4.78 is 18.5. The lowest BCUT2D eigenvalue weighted by molar-refractivity contribution is -0.130. The van der Waals surface area contributed by atoms with Gasteiger partial charge in [-0.05, 0) is 47.9 Å². The first kappa shape index (κ1) is 42.2. The fourth-order valence-corrected chi connectivity index (χ4v) is 4.57. The van der Waals surface area contributed by atoms with Gasteiger partial charge in [-0.2, -0.15) is 5.21 Å². The fraction of sp³-hybridized carbons (Fsp3) is 0.405. The Bertz CT molecular complexity index is 1760. The van der Waals surface area contributed by atoms with Gasteiger partial charge in [-0.25, -0.2) is 9.48 Å². The molecule has 0 unspecified atom stereocenters. The van der Waals surface area contributed by atoms with Crippen LogP contribution >= 0.6 is 12.4 Å². The van der Waals surface area contributed by atoms with Crippen molar-refractivity contribution in [3.63, 3.8) is 0 Å². The van der Waals surface area contributed by atoms with Crippen LogP contribution in [0.1, 0.15) is 82.0 Å². The van der Waals surface area contributed by atoms with Crippen LogP contribution in [0.3, 0.4) is 0 Å². The van der Waals surface area contributed by atoms with Crippen molar-refractivity contribution in [2.75, 3.05) is 13.2 Å². The average Bonchev–Trinajstić information content (AvgIpc) is 3.81. The largest absolute Gasteiger partial charge is 0.444 e. The van der Waals surface area contributed by atoms with Gasteiger partial charge in [0.1, 0.15) is 17.7 Å². The molecule has 0 aliphatic rings. The smallest absolute Gasteiger partial charge is 0.408 e. The highest BCUT2D eigenvalue weighted by Gasteiger charge is 2.28. The van der Waals surface area contributed by atoms with E-state index < -0.39 is 29.2 Å². The quantitative estimate of drug-likeness (QED) is 0.129. The average molecular weight is 749 g/mol. The number of rotatable bonds is 14. The van der Waals surface area contributed by atoms with Crippen LogP contribution < -0.4 is 10.6 Å². The van der Waals surface area contributed by atoms with Gasteiger partial charge in [0.2, 0.25) is 5.91 Å². The van der Waals surface area contributed by atoms with Gasteiger partial charge in [0.15, 0.2) is 11.6 Å². The number of ether oxygens (including phenoxy) is 3. The molecule has 3 aromatic carbocycles. The summed E-state index contributed by atoms with van der Waals surface area (Å²) in [5.41, 5.74) is 2.06. The van der Waals surface area contributed by atoms with E-state index in [1.54, 1.807) is 25.5 Å². The molecule has 284 valence electrons. The van der Waals surface area contributed by atoms with Gasteiger partial charge in [0.25, 0.3) is 0 Å². The molecule has 0 radical (unpaired) electrons. The van der Waals surface area contributed by atoms with Gasteiger partial charge in [0.05, 0.1) is 33.0 Å². The number of hydrogen-bond acceptors (Lipinski definition) is 11. The molecular formula is C37H49ClN10O5. The number of amides is 2. The maximum absolute atomic E-state index is 12.6. The third kappa shape index (κ3) is 15.1. The minimum Gasteiger partial charge on any atom is -0.444 e. The highest BCUT2D eigenvalue weighted by molar-refractivity contribution is 5.85. The molecule has 53 heavy (non-hydrogen) atoms. The second-order valence-electron chi connectivity index (χ2n) is 13.9. The summed E-state index contributed by atoms with van der Waals surface area (Å²) in [7, 11) is 0. The van der Waals surface area contributed by atoms with Crippen LogP contribution in [0.15, 0.2) is 91.0 Å². The number of aromatic amines is 1. The Morgan fingerprint density at radius 1 is 0.736 bits per heavy atom. The monoisotopic (exact) mass is 748 g/mol. The summed E-state index contributed by atoms with van der Waals surface area (Å²) in [5.74, 6) is 0.823.